The maximum absolute atomic E-state index is 12.4. The van der Waals surface area contributed by atoms with E-state index in [0.29, 0.717) is 17.3 Å². The van der Waals surface area contributed by atoms with Gasteiger partial charge in [-0.2, -0.15) is 4.31 Å². The van der Waals surface area contributed by atoms with Gasteiger partial charge in [0.2, 0.25) is 0 Å². The van der Waals surface area contributed by atoms with Gasteiger partial charge in [0.1, 0.15) is 4.21 Å². The molecule has 1 aliphatic heterocycles. The molecule has 0 amide bonds. The van der Waals surface area contributed by atoms with Gasteiger partial charge >= 0.3 is 0 Å². The van der Waals surface area contributed by atoms with Crippen molar-refractivity contribution in [2.75, 3.05) is 19.7 Å². The van der Waals surface area contributed by atoms with E-state index in [1.165, 1.54) is 11.3 Å². The monoisotopic (exact) mass is 289 g/mol. The first kappa shape index (κ1) is 14.0. The molecule has 1 fully saturated rings. The van der Waals surface area contributed by atoms with E-state index in [1.807, 2.05) is 13.0 Å². The number of thiophene rings is 1. The minimum Gasteiger partial charge on any atom is -0.396 e. The van der Waals surface area contributed by atoms with Gasteiger partial charge in [0.25, 0.3) is 10.0 Å². The topological polar surface area (TPSA) is 57.6 Å². The molecule has 1 aromatic heterocycles. The van der Waals surface area contributed by atoms with E-state index in [9.17, 15) is 8.42 Å². The second-order valence-electron chi connectivity index (χ2n) is 4.60. The lowest BCUT2D eigenvalue weighted by Crippen LogP contribution is -2.38. The molecular weight excluding hydrogens is 270 g/mol. The number of nitrogens with zero attached hydrogens (tertiary/aromatic N) is 1. The molecule has 2 heterocycles. The number of aliphatic hydroxyl groups is 1. The van der Waals surface area contributed by atoms with Crippen molar-refractivity contribution >= 4 is 21.4 Å². The minimum absolute atomic E-state index is 0.160. The zero-order valence-corrected chi connectivity index (χ0v) is 12.1. The van der Waals surface area contributed by atoms with Crippen molar-refractivity contribution in [3.05, 3.63) is 17.0 Å². The Morgan fingerprint density at radius 3 is 2.56 bits per heavy atom. The molecule has 6 heteroatoms. The molecule has 0 radical (unpaired) electrons. The van der Waals surface area contributed by atoms with Crippen LogP contribution in [0, 0.1) is 5.92 Å². The number of rotatable bonds is 4. The van der Waals surface area contributed by atoms with E-state index in [1.54, 1.807) is 10.4 Å². The maximum atomic E-state index is 12.4. The zero-order chi connectivity index (χ0) is 13.2. The van der Waals surface area contributed by atoms with E-state index < -0.39 is 10.0 Å². The predicted molar refractivity (Wildman–Crippen MR) is 72.3 cm³/mol. The Kier molecular flexibility index (Phi) is 4.42. The summed E-state index contributed by atoms with van der Waals surface area (Å²) in [6.07, 6.45) is 2.37. The van der Waals surface area contributed by atoms with Crippen LogP contribution in [-0.2, 0) is 16.4 Å². The number of sulfonamides is 1. The molecule has 102 valence electrons. The Labute approximate surface area is 112 Å². The average molecular weight is 289 g/mol. The summed E-state index contributed by atoms with van der Waals surface area (Å²) in [6, 6.07) is 3.59. The third-order valence-electron chi connectivity index (χ3n) is 3.41. The number of aliphatic hydroxyl groups excluding tert-OH is 1. The molecule has 0 aromatic carbocycles. The summed E-state index contributed by atoms with van der Waals surface area (Å²) in [4.78, 5) is 1.10. The summed E-state index contributed by atoms with van der Waals surface area (Å²) in [5.74, 6) is 0.256. The molecule has 0 atom stereocenters. The fraction of sp³-hybridized carbons (Fsp3) is 0.667. The van der Waals surface area contributed by atoms with Gasteiger partial charge in [-0.3, -0.25) is 0 Å². The molecule has 1 aliphatic rings. The number of aryl methyl sites for hydroxylation is 1. The van der Waals surface area contributed by atoms with Crippen molar-refractivity contribution < 1.29 is 13.5 Å². The van der Waals surface area contributed by atoms with Crippen LogP contribution in [-0.4, -0.2) is 37.5 Å². The molecule has 0 spiro atoms. The smallest absolute Gasteiger partial charge is 0.252 e. The average Bonchev–Trinajstić information content (AvgIpc) is 2.88. The molecule has 0 saturated carbocycles. The summed E-state index contributed by atoms with van der Waals surface area (Å²) in [5, 5.41) is 9.07. The first-order chi connectivity index (χ1) is 8.57. The molecule has 2 rings (SSSR count). The lowest BCUT2D eigenvalue weighted by molar-refractivity contribution is 0.170. The normalized spacial score (nSPS) is 19.2. The first-order valence-corrected chi connectivity index (χ1v) is 8.53. The molecule has 0 unspecified atom stereocenters. The van der Waals surface area contributed by atoms with E-state index in [4.69, 9.17) is 5.11 Å². The quantitative estimate of drug-likeness (QED) is 0.918. The summed E-state index contributed by atoms with van der Waals surface area (Å²) >= 11 is 1.36. The van der Waals surface area contributed by atoms with Gasteiger partial charge < -0.3 is 5.11 Å². The van der Waals surface area contributed by atoms with Crippen LogP contribution in [0.5, 0.6) is 0 Å². The molecule has 0 bridgehead atoms. The SMILES string of the molecule is CCc1ccc(S(=O)(=O)N2CCC(CO)CC2)s1. The molecule has 18 heavy (non-hydrogen) atoms. The van der Waals surface area contributed by atoms with Crippen molar-refractivity contribution in [1.29, 1.82) is 0 Å². The van der Waals surface area contributed by atoms with Gasteiger partial charge in [0.15, 0.2) is 0 Å². The van der Waals surface area contributed by atoms with E-state index in [2.05, 4.69) is 0 Å². The van der Waals surface area contributed by atoms with Crippen LogP contribution in [0.4, 0.5) is 0 Å². The van der Waals surface area contributed by atoms with Crippen molar-refractivity contribution in [3.63, 3.8) is 0 Å². The zero-order valence-electron chi connectivity index (χ0n) is 10.5. The maximum Gasteiger partial charge on any atom is 0.252 e. The summed E-state index contributed by atoms with van der Waals surface area (Å²) in [6.45, 7) is 3.22. The lowest BCUT2D eigenvalue weighted by Gasteiger charge is -2.29. The van der Waals surface area contributed by atoms with Crippen LogP contribution in [0.15, 0.2) is 16.3 Å². The van der Waals surface area contributed by atoms with Crippen LogP contribution in [0.3, 0.4) is 0 Å². The first-order valence-electron chi connectivity index (χ1n) is 6.27. The van der Waals surface area contributed by atoms with Crippen LogP contribution >= 0.6 is 11.3 Å². The predicted octanol–water partition coefficient (Wildman–Crippen LogP) is 1.70. The van der Waals surface area contributed by atoms with Crippen molar-refractivity contribution in [1.82, 2.24) is 4.31 Å². The van der Waals surface area contributed by atoms with E-state index in [-0.39, 0.29) is 12.5 Å². The fourth-order valence-electron chi connectivity index (χ4n) is 2.15. The van der Waals surface area contributed by atoms with Crippen molar-refractivity contribution in [2.24, 2.45) is 5.92 Å². The Balaban J connectivity index is 2.12. The molecule has 1 saturated heterocycles. The molecule has 0 aliphatic carbocycles. The third-order valence-corrected chi connectivity index (χ3v) is 7.01. The van der Waals surface area contributed by atoms with Crippen LogP contribution in [0.2, 0.25) is 0 Å². The molecule has 4 nitrogen and oxygen atoms in total. The van der Waals surface area contributed by atoms with E-state index >= 15 is 0 Å². The summed E-state index contributed by atoms with van der Waals surface area (Å²) in [7, 11) is -3.31. The third kappa shape index (κ3) is 2.77. The number of piperidine rings is 1. The molecule has 1 aromatic rings. The molecular formula is C12H19NO3S2. The van der Waals surface area contributed by atoms with Crippen molar-refractivity contribution in [3.8, 4) is 0 Å². The van der Waals surface area contributed by atoms with Gasteiger partial charge in [-0.15, -0.1) is 11.3 Å². The largest absolute Gasteiger partial charge is 0.396 e. The van der Waals surface area contributed by atoms with Gasteiger partial charge in [0, 0.05) is 24.6 Å². The summed E-state index contributed by atoms with van der Waals surface area (Å²) < 4.78 is 26.8. The standard InChI is InChI=1S/C12H19NO3S2/c1-2-11-3-4-12(17-11)18(15,16)13-7-5-10(9-14)6-8-13/h3-4,10,14H,2,5-9H2,1H3. The van der Waals surface area contributed by atoms with E-state index in [0.717, 1.165) is 24.1 Å². The second-order valence-corrected chi connectivity index (χ2v) is 7.94. The van der Waals surface area contributed by atoms with Crippen LogP contribution < -0.4 is 0 Å². The second kappa shape index (κ2) is 5.69. The Morgan fingerprint density at radius 1 is 1.39 bits per heavy atom. The van der Waals surface area contributed by atoms with Gasteiger partial charge in [0.05, 0.1) is 0 Å². The highest BCUT2D eigenvalue weighted by atomic mass is 32.2. The number of hydrogen-bond donors (Lipinski definition) is 1. The van der Waals surface area contributed by atoms with Gasteiger partial charge in [-0.25, -0.2) is 8.42 Å². The lowest BCUT2D eigenvalue weighted by atomic mass is 10.00. The van der Waals surface area contributed by atoms with Gasteiger partial charge in [-0.05, 0) is 37.3 Å². The highest BCUT2D eigenvalue weighted by Crippen LogP contribution is 2.28. The van der Waals surface area contributed by atoms with Gasteiger partial charge in [-0.1, -0.05) is 6.92 Å². The van der Waals surface area contributed by atoms with Crippen LogP contribution in [0.1, 0.15) is 24.6 Å². The Hall–Kier alpha value is -0.430. The molecule has 1 N–H and O–H groups in total. The minimum atomic E-state index is -3.31. The Morgan fingerprint density at radius 2 is 2.06 bits per heavy atom. The summed E-state index contributed by atoms with van der Waals surface area (Å²) in [5.41, 5.74) is 0. The highest BCUT2D eigenvalue weighted by molar-refractivity contribution is 7.91. The number of hydrogen-bond acceptors (Lipinski definition) is 4. The fourth-order valence-corrected chi connectivity index (χ4v) is 5.07. The Bertz CT molecular complexity index is 487. The highest BCUT2D eigenvalue weighted by Gasteiger charge is 2.30. The van der Waals surface area contributed by atoms with Crippen LogP contribution in [0.25, 0.3) is 0 Å². The van der Waals surface area contributed by atoms with Crippen molar-refractivity contribution in [2.45, 2.75) is 30.4 Å².